The number of hydrogen-bond donors (Lipinski definition) is 2. The van der Waals surface area contributed by atoms with Gasteiger partial charge in [0.15, 0.2) is 0 Å². The van der Waals surface area contributed by atoms with Crippen molar-refractivity contribution in [3.63, 3.8) is 0 Å². The first kappa shape index (κ1) is 10.6. The molecule has 0 saturated heterocycles. The summed E-state index contributed by atoms with van der Waals surface area (Å²) in [6.07, 6.45) is 1.35. The van der Waals surface area contributed by atoms with Gasteiger partial charge >= 0.3 is 11.7 Å². The third kappa shape index (κ3) is 2.77. The van der Waals surface area contributed by atoms with Gasteiger partial charge in [-0.15, -0.1) is 0 Å². The van der Waals surface area contributed by atoms with Gasteiger partial charge in [-0.2, -0.15) is 4.98 Å². The number of aromatic nitrogens is 2. The molecular weight excluding hydrogens is 235 g/mol. The zero-order valence-electron chi connectivity index (χ0n) is 7.44. The van der Waals surface area contributed by atoms with Gasteiger partial charge in [0, 0.05) is 0 Å². The zero-order valence-corrected chi connectivity index (χ0v) is 9.15. The molecule has 1 aromatic carbocycles. The fourth-order valence-electron chi connectivity index (χ4n) is 1.11. The van der Waals surface area contributed by atoms with Gasteiger partial charge in [0.1, 0.15) is 6.20 Å². The molecule has 0 spiro atoms. The molecule has 1 aromatic heterocycles. The molecule has 78 valence electrons. The fourth-order valence-corrected chi connectivity index (χ4v) is 2.58. The molecule has 0 amide bonds. The Labute approximate surface area is 89.3 Å². The Balaban J connectivity index is 2.57. The normalized spacial score (nSPS) is 11.7. The first-order valence-corrected chi connectivity index (χ1v) is 7.05. The van der Waals surface area contributed by atoms with E-state index in [1.807, 2.05) is 6.07 Å². The third-order valence-corrected chi connectivity index (χ3v) is 3.54. The average Bonchev–Trinajstić information content (AvgIpc) is 2.15. The van der Waals surface area contributed by atoms with Crippen LogP contribution in [0.2, 0.25) is 0 Å². The van der Waals surface area contributed by atoms with Crippen molar-refractivity contribution in [2.24, 2.45) is 0 Å². The van der Waals surface area contributed by atoms with Gasteiger partial charge in [0.2, 0.25) is 0 Å². The van der Waals surface area contributed by atoms with E-state index in [-0.39, 0.29) is 5.03 Å². The van der Waals surface area contributed by atoms with Crippen molar-refractivity contribution in [3.8, 4) is 0 Å². The molecule has 0 atom stereocenters. The van der Waals surface area contributed by atoms with Crippen LogP contribution in [0, 0.1) is 0 Å². The van der Waals surface area contributed by atoms with Gasteiger partial charge < -0.3 is 14.7 Å². The predicted molar refractivity (Wildman–Crippen MR) is 56.5 cm³/mol. The monoisotopic (exact) mass is 242 g/mol. The lowest BCUT2D eigenvalue weighted by Gasteiger charge is -2.00. The fraction of sp³-hybridized carbons (Fsp3) is 0. The highest BCUT2D eigenvalue weighted by molar-refractivity contribution is 8.15. The van der Waals surface area contributed by atoms with Gasteiger partial charge in [-0.1, -0.05) is 12.1 Å². The highest BCUT2D eigenvalue weighted by Gasteiger charge is 2.13. The molecule has 0 aliphatic heterocycles. The minimum Gasteiger partial charge on any atom is -0.741 e. The lowest BCUT2D eigenvalue weighted by atomic mass is 10.3. The molecule has 2 aromatic rings. The third-order valence-electron chi connectivity index (χ3n) is 1.64. The van der Waals surface area contributed by atoms with E-state index < -0.39 is 6.72 Å². The summed E-state index contributed by atoms with van der Waals surface area (Å²) in [5.74, 6) is 0. The van der Waals surface area contributed by atoms with E-state index in [4.69, 9.17) is 9.79 Å². The number of hydrogen-bond acceptors (Lipinski definition) is 3. The van der Waals surface area contributed by atoms with E-state index in [0.717, 1.165) is 0 Å². The molecule has 2 rings (SSSR count). The smallest absolute Gasteiger partial charge is 0.341 e. The van der Waals surface area contributed by atoms with Gasteiger partial charge in [-0.25, -0.2) is 4.98 Å². The Hall–Kier alpha value is -0.910. The van der Waals surface area contributed by atoms with E-state index in [2.05, 4.69) is 9.97 Å². The van der Waals surface area contributed by atoms with Crippen LogP contribution < -0.4 is 4.89 Å². The van der Waals surface area contributed by atoms with Crippen molar-refractivity contribution < 1.29 is 14.7 Å². The molecule has 0 unspecified atom stereocenters. The van der Waals surface area contributed by atoms with Crippen LogP contribution >= 0.6 is 6.72 Å². The SMILES string of the molecule is [O-]P(O)(O)=[S+]c1cnc2ccccc2n1. The Morgan fingerprint density at radius 3 is 2.53 bits per heavy atom. The van der Waals surface area contributed by atoms with Crippen LogP contribution in [-0.2, 0) is 10.9 Å². The predicted octanol–water partition coefficient (Wildman–Crippen LogP) is 0.0938. The van der Waals surface area contributed by atoms with Crippen molar-refractivity contribution in [3.05, 3.63) is 30.5 Å². The maximum absolute atomic E-state index is 10.7. The zero-order chi connectivity index (χ0) is 10.9. The van der Waals surface area contributed by atoms with Crippen molar-refractivity contribution in [2.45, 2.75) is 5.03 Å². The topological polar surface area (TPSA) is 89.3 Å². The first-order valence-electron chi connectivity index (χ1n) is 4.01. The molecule has 15 heavy (non-hydrogen) atoms. The summed E-state index contributed by atoms with van der Waals surface area (Å²) >= 11 is 0. The molecular formula is C8H7N2O3PS. The number of fused-ring (bicyclic) bond motifs is 1. The molecule has 0 saturated carbocycles. The van der Waals surface area contributed by atoms with Crippen LogP contribution in [0.3, 0.4) is 0 Å². The van der Waals surface area contributed by atoms with Crippen molar-refractivity contribution >= 4 is 28.7 Å². The quantitative estimate of drug-likeness (QED) is 0.546. The summed E-state index contributed by atoms with van der Waals surface area (Å²) in [7, 11) is 0.409. The lowest BCUT2D eigenvalue weighted by Crippen LogP contribution is -2.00. The minimum absolute atomic E-state index is 0.224. The van der Waals surface area contributed by atoms with Crippen LogP contribution in [0.15, 0.2) is 35.5 Å². The van der Waals surface area contributed by atoms with Gasteiger partial charge in [-0.3, -0.25) is 0 Å². The summed E-state index contributed by atoms with van der Waals surface area (Å²) in [5.41, 5.74) is 1.32. The van der Waals surface area contributed by atoms with E-state index in [1.165, 1.54) is 6.20 Å². The summed E-state index contributed by atoms with van der Waals surface area (Å²) in [6, 6.07) is 7.15. The Bertz CT molecular complexity index is 546. The standard InChI is InChI=1S/C8H7N2O3PS/c11-14(12,13)15-8-5-9-6-3-1-2-4-7(6)10-8/h1-5H,(H2-,11,12,13). The molecule has 0 bridgehead atoms. The molecule has 0 radical (unpaired) electrons. The Morgan fingerprint density at radius 2 is 1.87 bits per heavy atom. The van der Waals surface area contributed by atoms with Crippen molar-refractivity contribution in [1.29, 1.82) is 0 Å². The van der Waals surface area contributed by atoms with Crippen molar-refractivity contribution in [1.82, 2.24) is 9.97 Å². The minimum atomic E-state index is -4.15. The second kappa shape index (κ2) is 3.92. The maximum Gasteiger partial charge on any atom is 0.341 e. The van der Waals surface area contributed by atoms with Crippen LogP contribution in [0.1, 0.15) is 0 Å². The molecule has 5 nitrogen and oxygen atoms in total. The average molecular weight is 242 g/mol. The molecule has 0 fully saturated rings. The first-order chi connectivity index (χ1) is 7.04. The summed E-state index contributed by atoms with van der Waals surface area (Å²) in [4.78, 5) is 36.3. The largest absolute Gasteiger partial charge is 0.741 e. The summed E-state index contributed by atoms with van der Waals surface area (Å²) in [5, 5.41) is 0.224. The molecule has 2 N–H and O–H groups in total. The van der Waals surface area contributed by atoms with Gasteiger partial charge in [-0.05, 0) is 12.1 Å². The number of benzene rings is 1. The Kier molecular flexibility index (Phi) is 2.77. The lowest BCUT2D eigenvalue weighted by molar-refractivity contribution is -0.196. The highest BCUT2D eigenvalue weighted by atomic mass is 32.5. The molecule has 0 aliphatic rings. The van der Waals surface area contributed by atoms with Gasteiger partial charge in [0.25, 0.3) is 10.9 Å². The summed E-state index contributed by atoms with van der Waals surface area (Å²) in [6.45, 7) is -4.15. The highest BCUT2D eigenvalue weighted by Crippen LogP contribution is 2.27. The maximum atomic E-state index is 10.7. The second-order valence-corrected chi connectivity index (χ2v) is 6.34. The van der Waals surface area contributed by atoms with Gasteiger partial charge in [0.05, 0.1) is 11.0 Å². The van der Waals surface area contributed by atoms with Crippen molar-refractivity contribution in [2.75, 3.05) is 0 Å². The molecule has 7 heteroatoms. The van der Waals surface area contributed by atoms with E-state index >= 15 is 0 Å². The number of rotatable bonds is 1. The second-order valence-electron chi connectivity index (χ2n) is 2.78. The number of nitrogens with zero attached hydrogens (tertiary/aromatic N) is 2. The Morgan fingerprint density at radius 1 is 1.20 bits per heavy atom. The van der Waals surface area contributed by atoms with Crippen LogP contribution in [0.4, 0.5) is 0 Å². The molecule has 0 aliphatic carbocycles. The van der Waals surface area contributed by atoms with E-state index in [9.17, 15) is 4.89 Å². The van der Waals surface area contributed by atoms with Crippen LogP contribution in [0.5, 0.6) is 0 Å². The van der Waals surface area contributed by atoms with E-state index in [0.29, 0.717) is 22.0 Å². The van der Waals surface area contributed by atoms with Crippen LogP contribution in [0.25, 0.3) is 11.0 Å². The summed E-state index contributed by atoms with van der Waals surface area (Å²) < 4.78 is 0. The van der Waals surface area contributed by atoms with E-state index in [1.54, 1.807) is 18.2 Å². The number of para-hydroxylation sites is 2. The molecule has 1 heterocycles. The van der Waals surface area contributed by atoms with Crippen LogP contribution in [-0.4, -0.2) is 19.8 Å².